The van der Waals surface area contributed by atoms with Crippen LogP contribution in [0.15, 0.2) is 64.6 Å². The number of aromatic nitrogens is 3. The summed E-state index contributed by atoms with van der Waals surface area (Å²) in [6, 6.07) is 17.9. The number of hydrogen-bond acceptors (Lipinski definition) is 5. The normalized spacial score (nSPS) is 10.7. The number of anilines is 1. The van der Waals surface area contributed by atoms with E-state index in [-0.39, 0.29) is 11.7 Å². The highest BCUT2D eigenvalue weighted by atomic mass is 32.2. The molecule has 0 fully saturated rings. The standard InChI is InChI=1S/C20H22N4OS2/c1-3-18-22-23-20(24(18)15-10-6-5-7-11-15)27-14-19(25)21-16-12-8-9-13-17(16)26-4-2/h5-13H,3-4,14H2,1-2H3,(H,21,25). The molecule has 27 heavy (non-hydrogen) atoms. The predicted molar refractivity (Wildman–Crippen MR) is 113 cm³/mol. The molecule has 140 valence electrons. The summed E-state index contributed by atoms with van der Waals surface area (Å²) in [4.78, 5) is 13.6. The van der Waals surface area contributed by atoms with Gasteiger partial charge in [0.15, 0.2) is 5.16 Å². The van der Waals surface area contributed by atoms with Gasteiger partial charge in [0.25, 0.3) is 0 Å². The van der Waals surface area contributed by atoms with Crippen LogP contribution < -0.4 is 5.32 Å². The van der Waals surface area contributed by atoms with Gasteiger partial charge in [0, 0.05) is 17.0 Å². The average Bonchev–Trinajstić information content (AvgIpc) is 3.12. The van der Waals surface area contributed by atoms with Crippen molar-refractivity contribution < 1.29 is 4.79 Å². The van der Waals surface area contributed by atoms with E-state index in [0.29, 0.717) is 0 Å². The van der Waals surface area contributed by atoms with Crippen molar-refractivity contribution in [3.63, 3.8) is 0 Å². The SMILES string of the molecule is CCSc1ccccc1NC(=O)CSc1nnc(CC)n1-c1ccccc1. The first-order chi connectivity index (χ1) is 13.2. The van der Waals surface area contributed by atoms with Crippen LogP contribution in [0.2, 0.25) is 0 Å². The number of carbonyl (C=O) groups is 1. The topological polar surface area (TPSA) is 59.8 Å². The van der Waals surface area contributed by atoms with E-state index >= 15 is 0 Å². The smallest absolute Gasteiger partial charge is 0.234 e. The van der Waals surface area contributed by atoms with Crippen molar-refractivity contribution in [2.75, 3.05) is 16.8 Å². The van der Waals surface area contributed by atoms with Crippen LogP contribution in [0.5, 0.6) is 0 Å². The van der Waals surface area contributed by atoms with Crippen molar-refractivity contribution in [2.45, 2.75) is 30.3 Å². The summed E-state index contributed by atoms with van der Waals surface area (Å²) in [5.74, 6) is 2.07. The number of benzene rings is 2. The van der Waals surface area contributed by atoms with Gasteiger partial charge in [-0.1, -0.05) is 55.9 Å². The van der Waals surface area contributed by atoms with Crippen molar-refractivity contribution in [1.82, 2.24) is 14.8 Å². The molecular weight excluding hydrogens is 376 g/mol. The molecule has 1 amide bonds. The summed E-state index contributed by atoms with van der Waals surface area (Å²) in [5.41, 5.74) is 1.86. The van der Waals surface area contributed by atoms with Crippen LogP contribution in [-0.4, -0.2) is 32.2 Å². The second-order valence-corrected chi connectivity index (χ2v) is 7.94. The first-order valence-corrected chi connectivity index (χ1v) is 10.8. The third-order valence-corrected chi connectivity index (χ3v) is 5.71. The number of thioether (sulfide) groups is 2. The van der Waals surface area contributed by atoms with Crippen LogP contribution in [-0.2, 0) is 11.2 Å². The van der Waals surface area contributed by atoms with E-state index in [0.717, 1.165) is 39.4 Å². The molecule has 0 bridgehead atoms. The van der Waals surface area contributed by atoms with Crippen LogP contribution in [0.3, 0.4) is 0 Å². The van der Waals surface area contributed by atoms with Crippen molar-refractivity contribution in [3.05, 3.63) is 60.4 Å². The van der Waals surface area contributed by atoms with Crippen LogP contribution in [0.4, 0.5) is 5.69 Å². The molecule has 3 aromatic rings. The number of nitrogens with one attached hydrogen (secondary N) is 1. The Hall–Kier alpha value is -2.25. The Morgan fingerprint density at radius 3 is 2.48 bits per heavy atom. The number of amides is 1. The minimum absolute atomic E-state index is 0.0511. The maximum atomic E-state index is 12.5. The molecule has 0 aliphatic heterocycles. The van der Waals surface area contributed by atoms with E-state index in [2.05, 4.69) is 22.4 Å². The zero-order chi connectivity index (χ0) is 19.1. The van der Waals surface area contributed by atoms with Crippen LogP contribution in [0.25, 0.3) is 5.69 Å². The Morgan fingerprint density at radius 2 is 1.74 bits per heavy atom. The molecule has 5 nitrogen and oxygen atoms in total. The molecule has 0 atom stereocenters. The minimum Gasteiger partial charge on any atom is -0.324 e. The molecule has 0 unspecified atom stereocenters. The monoisotopic (exact) mass is 398 g/mol. The molecule has 0 radical (unpaired) electrons. The van der Waals surface area contributed by atoms with Gasteiger partial charge >= 0.3 is 0 Å². The van der Waals surface area contributed by atoms with Gasteiger partial charge in [-0.25, -0.2) is 0 Å². The maximum absolute atomic E-state index is 12.5. The lowest BCUT2D eigenvalue weighted by atomic mass is 10.3. The summed E-state index contributed by atoms with van der Waals surface area (Å²) < 4.78 is 2.01. The fraction of sp³-hybridized carbons (Fsp3) is 0.250. The quantitative estimate of drug-likeness (QED) is 0.559. The Kier molecular flexibility index (Phi) is 6.95. The zero-order valence-electron chi connectivity index (χ0n) is 15.4. The van der Waals surface area contributed by atoms with Gasteiger partial charge in [0.2, 0.25) is 5.91 Å². The summed E-state index contributed by atoms with van der Waals surface area (Å²) in [6.07, 6.45) is 0.774. The predicted octanol–water partition coefficient (Wildman–Crippen LogP) is 4.67. The molecule has 0 aliphatic carbocycles. The van der Waals surface area contributed by atoms with Gasteiger partial charge in [-0.15, -0.1) is 22.0 Å². The van der Waals surface area contributed by atoms with Crippen molar-refractivity contribution in [3.8, 4) is 5.69 Å². The highest BCUT2D eigenvalue weighted by Gasteiger charge is 2.15. The largest absolute Gasteiger partial charge is 0.324 e. The fourth-order valence-corrected chi connectivity index (χ4v) is 4.16. The molecule has 0 spiro atoms. The Balaban J connectivity index is 1.71. The van der Waals surface area contributed by atoms with Gasteiger partial charge in [-0.2, -0.15) is 0 Å². The molecule has 1 N–H and O–H groups in total. The number of rotatable bonds is 8. The van der Waals surface area contributed by atoms with Crippen molar-refractivity contribution >= 4 is 35.1 Å². The highest BCUT2D eigenvalue weighted by Crippen LogP contribution is 2.27. The maximum Gasteiger partial charge on any atom is 0.234 e. The number of nitrogens with zero attached hydrogens (tertiary/aromatic N) is 3. The van der Waals surface area contributed by atoms with Gasteiger partial charge in [-0.3, -0.25) is 9.36 Å². The van der Waals surface area contributed by atoms with Gasteiger partial charge < -0.3 is 5.32 Å². The van der Waals surface area contributed by atoms with E-state index in [1.165, 1.54) is 11.8 Å². The number of hydrogen-bond donors (Lipinski definition) is 1. The molecule has 0 aliphatic rings. The molecule has 0 saturated heterocycles. The molecule has 2 aromatic carbocycles. The van der Waals surface area contributed by atoms with E-state index < -0.39 is 0 Å². The van der Waals surface area contributed by atoms with Crippen LogP contribution in [0.1, 0.15) is 19.7 Å². The molecule has 3 rings (SSSR count). The lowest BCUT2D eigenvalue weighted by Gasteiger charge is -2.11. The summed E-state index contributed by atoms with van der Waals surface area (Å²) in [7, 11) is 0. The zero-order valence-corrected chi connectivity index (χ0v) is 17.0. The Bertz CT molecular complexity index is 896. The highest BCUT2D eigenvalue weighted by molar-refractivity contribution is 8.00. The number of aryl methyl sites for hydroxylation is 1. The van der Waals surface area contributed by atoms with E-state index in [1.807, 2.05) is 66.1 Å². The first kappa shape index (κ1) is 19.5. The Morgan fingerprint density at radius 1 is 1.00 bits per heavy atom. The number of carbonyl (C=O) groups excluding carboxylic acids is 1. The summed E-state index contributed by atoms with van der Waals surface area (Å²) in [6.45, 7) is 4.15. The molecule has 7 heteroatoms. The molecular formula is C20H22N4OS2. The van der Waals surface area contributed by atoms with E-state index in [9.17, 15) is 4.79 Å². The van der Waals surface area contributed by atoms with Crippen molar-refractivity contribution in [1.29, 1.82) is 0 Å². The lowest BCUT2D eigenvalue weighted by molar-refractivity contribution is -0.113. The van der Waals surface area contributed by atoms with Crippen LogP contribution in [0, 0.1) is 0 Å². The van der Waals surface area contributed by atoms with Crippen LogP contribution >= 0.6 is 23.5 Å². The minimum atomic E-state index is -0.0511. The van der Waals surface area contributed by atoms with Gasteiger partial charge in [0.1, 0.15) is 5.82 Å². The third-order valence-electron chi connectivity index (χ3n) is 3.82. The lowest BCUT2D eigenvalue weighted by Crippen LogP contribution is -2.15. The second-order valence-electron chi connectivity index (χ2n) is 5.69. The van der Waals surface area contributed by atoms with Crippen molar-refractivity contribution in [2.24, 2.45) is 0 Å². The van der Waals surface area contributed by atoms with Gasteiger partial charge in [0.05, 0.1) is 11.4 Å². The summed E-state index contributed by atoms with van der Waals surface area (Å²) >= 11 is 3.11. The average molecular weight is 399 g/mol. The molecule has 0 saturated carbocycles. The number of para-hydroxylation sites is 2. The molecule has 1 aromatic heterocycles. The fourth-order valence-electron chi connectivity index (χ4n) is 2.63. The third kappa shape index (κ3) is 4.93. The Labute approximate surface area is 168 Å². The van der Waals surface area contributed by atoms with E-state index in [1.54, 1.807) is 11.8 Å². The summed E-state index contributed by atoms with van der Waals surface area (Å²) in [5, 5.41) is 12.3. The molecule has 1 heterocycles. The second kappa shape index (κ2) is 9.62. The van der Waals surface area contributed by atoms with E-state index in [4.69, 9.17) is 0 Å². The van der Waals surface area contributed by atoms with Gasteiger partial charge in [-0.05, 0) is 30.0 Å². The first-order valence-electron chi connectivity index (χ1n) is 8.87.